The summed E-state index contributed by atoms with van der Waals surface area (Å²) in [5.74, 6) is 0. The molecule has 0 atom stereocenters. The maximum absolute atomic E-state index is 8.12. The van der Waals surface area contributed by atoms with Crippen LogP contribution in [0.25, 0.3) is 11.1 Å². The van der Waals surface area contributed by atoms with Crippen molar-refractivity contribution < 1.29 is 9.59 Å². The van der Waals surface area contributed by atoms with Crippen LogP contribution in [-0.2, 0) is 9.59 Å². The third kappa shape index (κ3) is 4.64. The van der Waals surface area contributed by atoms with Gasteiger partial charge in [-0.3, -0.25) is 0 Å². The second-order valence-electron chi connectivity index (χ2n) is 4.84. The number of H-pyrrole nitrogens is 1. The van der Waals surface area contributed by atoms with Gasteiger partial charge in [-0.25, -0.2) is 0 Å². The maximum Gasteiger partial charge on any atom is 0.373 e. The number of nitrogens with zero attached hydrogens (tertiary/aromatic N) is 2. The molecular formula is C17H15N3O2S. The normalized spacial score (nSPS) is 9.65. The van der Waals surface area contributed by atoms with Crippen LogP contribution in [0, 0.1) is 13.8 Å². The fourth-order valence-corrected chi connectivity index (χ4v) is 2.91. The van der Waals surface area contributed by atoms with E-state index in [9.17, 15) is 0 Å². The summed E-state index contributed by atoms with van der Waals surface area (Å²) in [7, 11) is 0. The molecule has 3 aromatic rings. The number of carbonyl (C=O) groups excluding carboxylic acids is 2. The lowest BCUT2D eigenvalue weighted by Gasteiger charge is -2.08. The second-order valence-corrected chi connectivity index (χ2v) is 5.93. The van der Waals surface area contributed by atoms with Gasteiger partial charge in [0.15, 0.2) is 0 Å². The first-order chi connectivity index (χ1) is 11.1. The van der Waals surface area contributed by atoms with Crippen molar-refractivity contribution in [3.8, 4) is 11.1 Å². The zero-order chi connectivity index (χ0) is 16.7. The first-order valence-electron chi connectivity index (χ1n) is 6.84. The predicted octanol–water partition coefficient (Wildman–Crippen LogP) is 3.66. The van der Waals surface area contributed by atoms with Crippen LogP contribution in [0.3, 0.4) is 0 Å². The molecule has 0 fully saturated rings. The van der Waals surface area contributed by atoms with E-state index < -0.39 is 0 Å². The van der Waals surface area contributed by atoms with Crippen molar-refractivity contribution in [1.29, 1.82) is 0 Å². The molecule has 116 valence electrons. The molecule has 0 saturated carbocycles. The van der Waals surface area contributed by atoms with Gasteiger partial charge >= 0.3 is 6.15 Å². The minimum atomic E-state index is 0.250. The lowest BCUT2D eigenvalue weighted by Crippen LogP contribution is -1.84. The van der Waals surface area contributed by atoms with Gasteiger partial charge in [0.1, 0.15) is 5.03 Å². The molecule has 3 rings (SSSR count). The summed E-state index contributed by atoms with van der Waals surface area (Å²) in [5.41, 5.74) is 5.13. The summed E-state index contributed by atoms with van der Waals surface area (Å²) in [6.45, 7) is 4.27. The second kappa shape index (κ2) is 8.08. The number of aromatic nitrogens is 3. The van der Waals surface area contributed by atoms with E-state index >= 15 is 0 Å². The average molecular weight is 325 g/mol. The van der Waals surface area contributed by atoms with Gasteiger partial charge in [-0.1, -0.05) is 47.7 Å². The van der Waals surface area contributed by atoms with E-state index in [4.69, 9.17) is 9.59 Å². The van der Waals surface area contributed by atoms with Crippen LogP contribution in [0.4, 0.5) is 0 Å². The van der Waals surface area contributed by atoms with Gasteiger partial charge in [-0.2, -0.15) is 19.9 Å². The quantitative estimate of drug-likeness (QED) is 0.795. The van der Waals surface area contributed by atoms with Crippen LogP contribution in [0.1, 0.15) is 11.1 Å². The standard InChI is InChI=1S/C16H15N3S.CO2/c1-11-3-8-15(12(2)9-11)13-4-6-14(7-5-13)20-16-10-17-19-18-16;2-1-3/h3-10H,1-2H3,(H,17,18,19);. The minimum absolute atomic E-state index is 0.250. The molecule has 0 bridgehead atoms. The van der Waals surface area contributed by atoms with E-state index in [1.807, 2.05) is 0 Å². The van der Waals surface area contributed by atoms with Gasteiger partial charge in [0.2, 0.25) is 0 Å². The highest BCUT2D eigenvalue weighted by Gasteiger charge is 2.04. The summed E-state index contributed by atoms with van der Waals surface area (Å²) in [6, 6.07) is 15.1. The van der Waals surface area contributed by atoms with Crippen molar-refractivity contribution >= 4 is 17.9 Å². The van der Waals surface area contributed by atoms with Crippen LogP contribution in [0.2, 0.25) is 0 Å². The Labute approximate surface area is 138 Å². The number of aromatic amines is 1. The third-order valence-electron chi connectivity index (χ3n) is 3.16. The van der Waals surface area contributed by atoms with Gasteiger partial charge in [0.05, 0.1) is 6.20 Å². The molecule has 0 amide bonds. The summed E-state index contributed by atoms with van der Waals surface area (Å²) in [6.07, 6.45) is 1.97. The Morgan fingerprint density at radius 1 is 1.04 bits per heavy atom. The third-order valence-corrected chi connectivity index (χ3v) is 4.08. The van der Waals surface area contributed by atoms with Crippen molar-refractivity contribution in [2.45, 2.75) is 23.8 Å². The van der Waals surface area contributed by atoms with Crippen molar-refractivity contribution in [1.82, 2.24) is 15.4 Å². The van der Waals surface area contributed by atoms with E-state index in [0.29, 0.717) is 0 Å². The number of nitrogens with one attached hydrogen (secondary N) is 1. The molecule has 5 nitrogen and oxygen atoms in total. The zero-order valence-electron chi connectivity index (χ0n) is 12.7. The van der Waals surface area contributed by atoms with Gasteiger partial charge in [0, 0.05) is 4.90 Å². The van der Waals surface area contributed by atoms with E-state index in [1.165, 1.54) is 22.3 Å². The van der Waals surface area contributed by atoms with E-state index in [0.717, 1.165) is 9.92 Å². The van der Waals surface area contributed by atoms with Gasteiger partial charge in [-0.05, 0) is 42.7 Å². The Morgan fingerprint density at radius 2 is 1.74 bits per heavy atom. The van der Waals surface area contributed by atoms with Gasteiger partial charge in [-0.15, -0.1) is 5.10 Å². The number of benzene rings is 2. The summed E-state index contributed by atoms with van der Waals surface area (Å²) >= 11 is 1.60. The largest absolute Gasteiger partial charge is 0.373 e. The SMILES string of the molecule is Cc1ccc(-c2ccc(Sc3cn[nH]n3)cc2)c(C)c1.O=C=O. The van der Waals surface area contributed by atoms with Crippen molar-refractivity contribution in [2.24, 2.45) is 0 Å². The van der Waals surface area contributed by atoms with Crippen molar-refractivity contribution in [3.05, 3.63) is 59.8 Å². The van der Waals surface area contributed by atoms with Crippen LogP contribution in [0.5, 0.6) is 0 Å². The number of hydrogen-bond donors (Lipinski definition) is 1. The molecule has 0 aliphatic carbocycles. The molecule has 2 aromatic carbocycles. The molecule has 0 saturated heterocycles. The molecule has 0 aliphatic rings. The molecule has 0 radical (unpaired) electrons. The monoisotopic (exact) mass is 325 g/mol. The van der Waals surface area contributed by atoms with E-state index in [1.54, 1.807) is 18.0 Å². The zero-order valence-corrected chi connectivity index (χ0v) is 13.6. The molecule has 23 heavy (non-hydrogen) atoms. The highest BCUT2D eigenvalue weighted by Crippen LogP contribution is 2.29. The number of hydrogen-bond acceptors (Lipinski definition) is 5. The molecule has 1 heterocycles. The summed E-state index contributed by atoms with van der Waals surface area (Å²) in [4.78, 5) is 17.4. The average Bonchev–Trinajstić information content (AvgIpc) is 3.02. The molecular weight excluding hydrogens is 310 g/mol. The molecule has 0 spiro atoms. The molecule has 1 N–H and O–H groups in total. The Kier molecular flexibility index (Phi) is 5.86. The fourth-order valence-electron chi connectivity index (χ4n) is 2.20. The van der Waals surface area contributed by atoms with Gasteiger partial charge < -0.3 is 0 Å². The minimum Gasteiger partial charge on any atom is -0.197 e. The van der Waals surface area contributed by atoms with Gasteiger partial charge in [0.25, 0.3) is 0 Å². The topological polar surface area (TPSA) is 75.7 Å². The maximum atomic E-state index is 8.12. The molecule has 1 aromatic heterocycles. The molecule has 6 heteroatoms. The molecule has 0 aliphatic heterocycles. The van der Waals surface area contributed by atoms with Crippen LogP contribution >= 0.6 is 11.8 Å². The number of rotatable bonds is 3. The first-order valence-corrected chi connectivity index (χ1v) is 7.66. The van der Waals surface area contributed by atoms with E-state index in [2.05, 4.69) is 71.7 Å². The lowest BCUT2D eigenvalue weighted by molar-refractivity contribution is -0.191. The van der Waals surface area contributed by atoms with Crippen molar-refractivity contribution in [3.63, 3.8) is 0 Å². The first kappa shape index (κ1) is 16.7. The summed E-state index contributed by atoms with van der Waals surface area (Å²) in [5, 5.41) is 11.3. The highest BCUT2D eigenvalue weighted by molar-refractivity contribution is 7.99. The molecule has 0 unspecified atom stereocenters. The van der Waals surface area contributed by atoms with E-state index in [-0.39, 0.29) is 6.15 Å². The number of aryl methyl sites for hydroxylation is 2. The Bertz CT molecular complexity index is 793. The summed E-state index contributed by atoms with van der Waals surface area (Å²) < 4.78 is 0. The predicted molar refractivity (Wildman–Crippen MR) is 86.9 cm³/mol. The van der Waals surface area contributed by atoms with Crippen LogP contribution in [-0.4, -0.2) is 21.6 Å². The Balaban J connectivity index is 0.000000595. The smallest absolute Gasteiger partial charge is 0.197 e. The van der Waals surface area contributed by atoms with Crippen LogP contribution < -0.4 is 0 Å². The highest BCUT2D eigenvalue weighted by atomic mass is 32.2. The fraction of sp³-hybridized carbons (Fsp3) is 0.118. The van der Waals surface area contributed by atoms with Crippen LogP contribution in [0.15, 0.2) is 58.6 Å². The Morgan fingerprint density at radius 3 is 2.30 bits per heavy atom. The van der Waals surface area contributed by atoms with Crippen molar-refractivity contribution in [2.75, 3.05) is 0 Å². The Hall–Kier alpha value is -2.69. The lowest BCUT2D eigenvalue weighted by atomic mass is 9.99.